The van der Waals surface area contributed by atoms with Crippen molar-refractivity contribution in [3.8, 4) is 6.07 Å². The number of amides is 1. The van der Waals surface area contributed by atoms with E-state index in [2.05, 4.69) is 11.4 Å². The molecule has 0 atom stereocenters. The molecule has 0 radical (unpaired) electrons. The first kappa shape index (κ1) is 14.1. The number of hydrogen-bond acceptors (Lipinski definition) is 2. The molecule has 1 N–H and O–H groups in total. The van der Waals surface area contributed by atoms with E-state index < -0.39 is 0 Å². The van der Waals surface area contributed by atoms with Crippen LogP contribution in [-0.2, 0) is 0 Å². The molecule has 0 bridgehead atoms. The maximum atomic E-state index is 12.3. The highest BCUT2D eigenvalue weighted by molar-refractivity contribution is 6.30. The molecule has 1 amide bonds. The van der Waals surface area contributed by atoms with E-state index in [4.69, 9.17) is 16.9 Å². The molecule has 0 spiro atoms. The first-order chi connectivity index (χ1) is 9.51. The number of carbonyl (C=O) groups excluding carboxylic acids is 1. The topological polar surface area (TPSA) is 52.9 Å². The smallest absolute Gasteiger partial charge is 0.255 e. The molecular formula is C16H13ClN2O. The molecule has 0 aliphatic rings. The molecule has 2 aromatic carbocycles. The molecule has 20 heavy (non-hydrogen) atoms. The van der Waals surface area contributed by atoms with E-state index in [-0.39, 0.29) is 5.91 Å². The van der Waals surface area contributed by atoms with Crippen LogP contribution in [0.15, 0.2) is 36.4 Å². The first-order valence-corrected chi connectivity index (χ1v) is 6.47. The van der Waals surface area contributed by atoms with E-state index in [1.807, 2.05) is 19.9 Å². The molecule has 4 heteroatoms. The molecule has 0 unspecified atom stereocenters. The molecule has 0 aliphatic heterocycles. The van der Waals surface area contributed by atoms with Gasteiger partial charge in [-0.2, -0.15) is 5.26 Å². The van der Waals surface area contributed by atoms with E-state index in [0.29, 0.717) is 21.8 Å². The number of nitrogens with one attached hydrogen (secondary N) is 1. The number of carbonyl (C=O) groups is 1. The molecule has 0 heterocycles. The zero-order chi connectivity index (χ0) is 14.7. The summed E-state index contributed by atoms with van der Waals surface area (Å²) in [5, 5.41) is 12.3. The van der Waals surface area contributed by atoms with Crippen molar-refractivity contribution >= 4 is 23.2 Å². The van der Waals surface area contributed by atoms with Crippen molar-refractivity contribution in [2.24, 2.45) is 0 Å². The summed E-state index contributed by atoms with van der Waals surface area (Å²) in [5.74, 6) is -0.211. The molecule has 0 aromatic heterocycles. The summed E-state index contributed by atoms with van der Waals surface area (Å²) in [7, 11) is 0. The second kappa shape index (κ2) is 5.77. The largest absolute Gasteiger partial charge is 0.322 e. The minimum Gasteiger partial charge on any atom is -0.322 e. The Balaban J connectivity index is 2.30. The molecule has 0 fully saturated rings. The highest BCUT2D eigenvalue weighted by atomic mass is 35.5. The SMILES string of the molecule is Cc1ccc(C#N)cc1NC(=O)c1ccc(Cl)cc1C. The van der Waals surface area contributed by atoms with Gasteiger partial charge < -0.3 is 5.32 Å². The van der Waals surface area contributed by atoms with Crippen LogP contribution in [0.1, 0.15) is 27.0 Å². The molecule has 2 aromatic rings. The first-order valence-electron chi connectivity index (χ1n) is 6.09. The molecule has 0 saturated carbocycles. The van der Waals surface area contributed by atoms with E-state index in [1.54, 1.807) is 30.3 Å². The highest BCUT2D eigenvalue weighted by Crippen LogP contribution is 2.20. The average molecular weight is 285 g/mol. The van der Waals surface area contributed by atoms with Gasteiger partial charge in [0.25, 0.3) is 5.91 Å². The Morgan fingerprint density at radius 3 is 2.55 bits per heavy atom. The predicted molar refractivity (Wildman–Crippen MR) is 80.0 cm³/mol. The third-order valence-electron chi connectivity index (χ3n) is 3.05. The molecule has 100 valence electrons. The summed E-state index contributed by atoms with van der Waals surface area (Å²) in [6, 6.07) is 12.4. The predicted octanol–water partition coefficient (Wildman–Crippen LogP) is 4.08. The fourth-order valence-electron chi connectivity index (χ4n) is 1.90. The Morgan fingerprint density at radius 1 is 1.15 bits per heavy atom. The summed E-state index contributed by atoms with van der Waals surface area (Å²) in [5.41, 5.74) is 3.44. The fraction of sp³-hybridized carbons (Fsp3) is 0.125. The van der Waals surface area contributed by atoms with Gasteiger partial charge in [0, 0.05) is 16.3 Å². The van der Waals surface area contributed by atoms with Crippen molar-refractivity contribution in [3.63, 3.8) is 0 Å². The summed E-state index contributed by atoms with van der Waals surface area (Å²) >= 11 is 5.88. The zero-order valence-electron chi connectivity index (χ0n) is 11.2. The van der Waals surface area contributed by atoms with Crippen LogP contribution < -0.4 is 5.32 Å². The summed E-state index contributed by atoms with van der Waals surface area (Å²) in [6.45, 7) is 3.71. The average Bonchev–Trinajstić information content (AvgIpc) is 2.41. The molecule has 2 rings (SSSR count). The second-order valence-electron chi connectivity index (χ2n) is 4.55. The van der Waals surface area contributed by atoms with Crippen LogP contribution in [0.3, 0.4) is 0 Å². The normalized spacial score (nSPS) is 9.90. The quantitative estimate of drug-likeness (QED) is 0.903. The van der Waals surface area contributed by atoms with Gasteiger partial charge in [0.05, 0.1) is 11.6 Å². The lowest BCUT2D eigenvalue weighted by atomic mass is 10.1. The lowest BCUT2D eigenvalue weighted by molar-refractivity contribution is 0.102. The Bertz CT molecular complexity index is 717. The van der Waals surface area contributed by atoms with Gasteiger partial charge >= 0.3 is 0 Å². The minimum absolute atomic E-state index is 0.211. The van der Waals surface area contributed by atoms with Crippen LogP contribution in [0.5, 0.6) is 0 Å². The molecule has 3 nitrogen and oxygen atoms in total. The molecular weight excluding hydrogens is 272 g/mol. The Hall–Kier alpha value is -2.31. The van der Waals surface area contributed by atoms with Gasteiger partial charge in [0.2, 0.25) is 0 Å². The van der Waals surface area contributed by atoms with Crippen LogP contribution in [0.2, 0.25) is 5.02 Å². The molecule has 0 aliphatic carbocycles. The number of anilines is 1. The van der Waals surface area contributed by atoms with E-state index in [0.717, 1.165) is 11.1 Å². The van der Waals surface area contributed by atoms with E-state index >= 15 is 0 Å². The number of benzene rings is 2. The van der Waals surface area contributed by atoms with Crippen molar-refractivity contribution in [3.05, 3.63) is 63.7 Å². The van der Waals surface area contributed by atoms with Crippen molar-refractivity contribution < 1.29 is 4.79 Å². The van der Waals surface area contributed by atoms with Crippen LogP contribution in [0, 0.1) is 25.2 Å². The van der Waals surface area contributed by atoms with Crippen LogP contribution in [0.25, 0.3) is 0 Å². The van der Waals surface area contributed by atoms with Gasteiger partial charge in [-0.15, -0.1) is 0 Å². The fourth-order valence-corrected chi connectivity index (χ4v) is 2.12. The van der Waals surface area contributed by atoms with Crippen molar-refractivity contribution in [1.29, 1.82) is 5.26 Å². The van der Waals surface area contributed by atoms with Gasteiger partial charge in [0.1, 0.15) is 0 Å². The number of nitrogens with zero attached hydrogens (tertiary/aromatic N) is 1. The second-order valence-corrected chi connectivity index (χ2v) is 4.99. The third-order valence-corrected chi connectivity index (χ3v) is 3.28. The van der Waals surface area contributed by atoms with Crippen molar-refractivity contribution in [1.82, 2.24) is 0 Å². The van der Waals surface area contributed by atoms with Crippen LogP contribution >= 0.6 is 11.6 Å². The number of rotatable bonds is 2. The molecule has 0 saturated heterocycles. The van der Waals surface area contributed by atoms with Gasteiger partial charge in [0.15, 0.2) is 0 Å². The summed E-state index contributed by atoms with van der Waals surface area (Å²) < 4.78 is 0. The third kappa shape index (κ3) is 2.98. The Kier molecular flexibility index (Phi) is 4.07. The van der Waals surface area contributed by atoms with Gasteiger partial charge in [-0.25, -0.2) is 0 Å². The van der Waals surface area contributed by atoms with Crippen molar-refractivity contribution in [2.45, 2.75) is 13.8 Å². The zero-order valence-corrected chi connectivity index (χ0v) is 12.0. The summed E-state index contributed by atoms with van der Waals surface area (Å²) in [6.07, 6.45) is 0. The van der Waals surface area contributed by atoms with E-state index in [1.165, 1.54) is 0 Å². The van der Waals surface area contributed by atoms with E-state index in [9.17, 15) is 4.79 Å². The number of nitriles is 1. The highest BCUT2D eigenvalue weighted by Gasteiger charge is 2.11. The van der Waals surface area contributed by atoms with Gasteiger partial charge in [-0.1, -0.05) is 17.7 Å². The maximum absolute atomic E-state index is 12.3. The number of halogens is 1. The number of aryl methyl sites for hydroxylation is 2. The standard InChI is InChI=1S/C16H13ClN2O/c1-10-3-4-12(9-18)8-15(10)19-16(20)14-6-5-13(17)7-11(14)2/h3-8H,1-2H3,(H,19,20). The Morgan fingerprint density at radius 2 is 1.90 bits per heavy atom. The Labute approximate surface area is 122 Å². The maximum Gasteiger partial charge on any atom is 0.255 e. The van der Waals surface area contributed by atoms with Crippen molar-refractivity contribution in [2.75, 3.05) is 5.32 Å². The lowest BCUT2D eigenvalue weighted by Crippen LogP contribution is -2.14. The lowest BCUT2D eigenvalue weighted by Gasteiger charge is -2.10. The monoisotopic (exact) mass is 284 g/mol. The van der Waals surface area contributed by atoms with Crippen LogP contribution in [0.4, 0.5) is 5.69 Å². The minimum atomic E-state index is -0.211. The van der Waals surface area contributed by atoms with Gasteiger partial charge in [-0.05, 0) is 55.3 Å². The van der Waals surface area contributed by atoms with Crippen LogP contribution in [-0.4, -0.2) is 5.91 Å². The van der Waals surface area contributed by atoms with Gasteiger partial charge in [-0.3, -0.25) is 4.79 Å². The number of hydrogen-bond donors (Lipinski definition) is 1. The summed E-state index contributed by atoms with van der Waals surface area (Å²) in [4.78, 5) is 12.3.